The Bertz CT molecular complexity index is 1680. The Morgan fingerprint density at radius 3 is 2.75 bits per heavy atom. The van der Waals surface area contributed by atoms with E-state index in [1.807, 2.05) is 24.3 Å². The van der Waals surface area contributed by atoms with E-state index >= 15 is 0 Å². The summed E-state index contributed by atoms with van der Waals surface area (Å²) in [6, 6.07) is 12.9. The molecular weight excluding hydrogens is 464 g/mol. The number of aromatic amines is 1. The molecule has 0 saturated carbocycles. The normalized spacial score (nSPS) is 16.3. The van der Waals surface area contributed by atoms with Crippen molar-refractivity contribution < 1.29 is 18.9 Å². The molecule has 0 aliphatic carbocycles. The molecule has 1 atom stereocenters. The Labute approximate surface area is 203 Å². The maximum atomic E-state index is 13.5. The third-order valence-corrected chi connectivity index (χ3v) is 6.15. The molecule has 7 rings (SSSR count). The predicted octanol–water partition coefficient (Wildman–Crippen LogP) is 2.68. The van der Waals surface area contributed by atoms with Gasteiger partial charge in [0.1, 0.15) is 31.4 Å². The Morgan fingerprint density at radius 2 is 1.83 bits per heavy atom. The van der Waals surface area contributed by atoms with Crippen molar-refractivity contribution in [3.63, 3.8) is 0 Å². The van der Waals surface area contributed by atoms with E-state index in [0.29, 0.717) is 77.2 Å². The molecule has 180 valence electrons. The number of ether oxygens (including phenoxy) is 4. The van der Waals surface area contributed by atoms with Crippen molar-refractivity contribution in [3.05, 3.63) is 65.2 Å². The van der Waals surface area contributed by atoms with E-state index in [9.17, 15) is 4.79 Å². The van der Waals surface area contributed by atoms with Gasteiger partial charge in [-0.1, -0.05) is 12.1 Å². The van der Waals surface area contributed by atoms with Gasteiger partial charge in [0.15, 0.2) is 28.6 Å². The Morgan fingerprint density at radius 1 is 1.00 bits per heavy atom. The van der Waals surface area contributed by atoms with E-state index < -0.39 is 0 Å². The first-order chi connectivity index (χ1) is 17.7. The van der Waals surface area contributed by atoms with E-state index in [0.717, 1.165) is 5.75 Å². The molecule has 0 fully saturated rings. The molecule has 11 nitrogen and oxygen atoms in total. The smallest absolute Gasteiger partial charge is 0.267 e. The molecule has 2 aliphatic rings. The summed E-state index contributed by atoms with van der Waals surface area (Å²) in [5.74, 6) is 2.99. The lowest BCUT2D eigenvalue weighted by Crippen LogP contribution is -2.35. The number of rotatable bonds is 4. The Kier molecular flexibility index (Phi) is 4.66. The first kappa shape index (κ1) is 20.6. The number of anilines is 1. The highest BCUT2D eigenvalue weighted by Gasteiger charge is 2.22. The zero-order valence-electron chi connectivity index (χ0n) is 18.9. The lowest BCUT2D eigenvalue weighted by atomic mass is 10.2. The average Bonchev–Trinajstić information content (AvgIpc) is 3.42. The quantitative estimate of drug-likeness (QED) is 0.396. The summed E-state index contributed by atoms with van der Waals surface area (Å²) in [6.07, 6.45) is 3.01. The van der Waals surface area contributed by atoms with Crippen LogP contribution in [0.4, 0.5) is 5.95 Å². The fraction of sp³-hybridized carbons (Fsp3) is 0.200. The second-order valence-electron chi connectivity index (χ2n) is 8.43. The molecule has 0 spiro atoms. The minimum atomic E-state index is -0.256. The van der Waals surface area contributed by atoms with E-state index in [2.05, 4.69) is 20.5 Å². The predicted molar refractivity (Wildman–Crippen MR) is 131 cm³/mol. The van der Waals surface area contributed by atoms with E-state index in [1.165, 1.54) is 4.57 Å². The van der Waals surface area contributed by atoms with Crippen LogP contribution in [-0.2, 0) is 0 Å². The molecule has 2 N–H and O–H groups in total. The average molecular weight is 484 g/mol. The van der Waals surface area contributed by atoms with Crippen molar-refractivity contribution in [2.24, 2.45) is 0 Å². The molecule has 0 amide bonds. The maximum Gasteiger partial charge on any atom is 0.267 e. The molecular formula is C25H20N6O5. The van der Waals surface area contributed by atoms with Crippen molar-refractivity contribution in [2.75, 3.05) is 31.7 Å². The highest BCUT2D eigenvalue weighted by Crippen LogP contribution is 2.33. The highest BCUT2D eigenvalue weighted by molar-refractivity contribution is 6.02. The molecule has 36 heavy (non-hydrogen) atoms. The van der Waals surface area contributed by atoms with Gasteiger partial charge in [-0.15, -0.1) is 0 Å². The first-order valence-corrected chi connectivity index (χ1v) is 11.5. The van der Waals surface area contributed by atoms with Crippen LogP contribution in [0.1, 0.15) is 0 Å². The zero-order chi connectivity index (χ0) is 24.1. The largest absolute Gasteiger partial charge is 0.486 e. The van der Waals surface area contributed by atoms with Crippen molar-refractivity contribution in [1.29, 1.82) is 0 Å². The summed E-state index contributed by atoms with van der Waals surface area (Å²) in [4.78, 5) is 22.7. The summed E-state index contributed by atoms with van der Waals surface area (Å²) in [7, 11) is 0. The van der Waals surface area contributed by atoms with Crippen LogP contribution in [0.2, 0.25) is 0 Å². The van der Waals surface area contributed by atoms with Gasteiger partial charge in [0.2, 0.25) is 5.95 Å². The molecule has 0 saturated heterocycles. The molecule has 3 aromatic heterocycles. The number of hydrogen-bond acceptors (Lipinski definition) is 9. The fourth-order valence-electron chi connectivity index (χ4n) is 4.45. The summed E-state index contributed by atoms with van der Waals surface area (Å²) in [6.45, 7) is 1.74. The number of hydrogen-bond donors (Lipinski definition) is 2. The first-order valence-electron chi connectivity index (χ1n) is 11.5. The number of fused-ring (bicyclic) bond motifs is 5. The molecule has 5 heterocycles. The van der Waals surface area contributed by atoms with Crippen LogP contribution in [0.15, 0.2) is 59.7 Å². The third-order valence-electron chi connectivity index (χ3n) is 6.15. The van der Waals surface area contributed by atoms with E-state index in [4.69, 9.17) is 23.9 Å². The Hall–Kier alpha value is -4.80. The topological polar surface area (TPSA) is 125 Å². The number of nitrogens with zero attached hydrogens (tertiary/aromatic N) is 4. The maximum absolute atomic E-state index is 13.5. The van der Waals surface area contributed by atoms with Gasteiger partial charge < -0.3 is 24.3 Å². The monoisotopic (exact) mass is 484 g/mol. The summed E-state index contributed by atoms with van der Waals surface area (Å²) < 4.78 is 24.7. The minimum Gasteiger partial charge on any atom is -0.486 e. The minimum absolute atomic E-state index is 0.229. The van der Waals surface area contributed by atoms with Gasteiger partial charge in [-0.05, 0) is 24.3 Å². The second kappa shape index (κ2) is 8.15. The zero-order valence-corrected chi connectivity index (χ0v) is 18.9. The van der Waals surface area contributed by atoms with Crippen molar-refractivity contribution in [1.82, 2.24) is 24.7 Å². The number of para-hydroxylation sites is 2. The molecule has 5 aromatic rings. The van der Waals surface area contributed by atoms with Crippen LogP contribution in [-0.4, -0.2) is 57.2 Å². The lowest BCUT2D eigenvalue weighted by Gasteiger charge is -2.26. The van der Waals surface area contributed by atoms with Crippen molar-refractivity contribution >= 4 is 27.9 Å². The van der Waals surface area contributed by atoms with Gasteiger partial charge >= 0.3 is 0 Å². The van der Waals surface area contributed by atoms with Crippen LogP contribution in [0.5, 0.6) is 23.0 Å². The lowest BCUT2D eigenvalue weighted by molar-refractivity contribution is 0.0996. The van der Waals surface area contributed by atoms with Crippen molar-refractivity contribution in [3.8, 4) is 28.7 Å². The van der Waals surface area contributed by atoms with Gasteiger partial charge in [0, 0.05) is 18.5 Å². The number of pyridine rings is 1. The van der Waals surface area contributed by atoms with Crippen molar-refractivity contribution in [2.45, 2.75) is 6.10 Å². The fourth-order valence-corrected chi connectivity index (χ4v) is 4.45. The molecule has 2 aromatic carbocycles. The van der Waals surface area contributed by atoms with Gasteiger partial charge in [-0.3, -0.25) is 14.5 Å². The standard InChI is InChI=1S/C25H20N6O5/c32-24-17-12-28-30-22(17)16-11-27-25(26-10-15-13-35-18-3-1-2-4-20(18)36-15)29-23(16)31(24)14-5-6-19-21(9-14)34-8-7-33-19/h1-6,9,11-12,15H,7-8,10,13H2,(H,28,30)(H,26,27,29)/t15-/m0/s1. The SMILES string of the molecule is O=c1c2c[nH]nc2c2cnc(NC[C@H]3COc4ccccc4O3)nc2n1-c1ccc2c(c1)OCCO2. The summed E-state index contributed by atoms with van der Waals surface area (Å²) >= 11 is 0. The van der Waals surface area contributed by atoms with Crippen LogP contribution in [0, 0.1) is 0 Å². The number of aromatic nitrogens is 5. The molecule has 0 radical (unpaired) electrons. The van der Waals surface area contributed by atoms with Crippen LogP contribution in [0.25, 0.3) is 27.6 Å². The summed E-state index contributed by atoms with van der Waals surface area (Å²) in [5.41, 5.74) is 1.27. The van der Waals surface area contributed by atoms with E-state index in [1.54, 1.807) is 30.6 Å². The van der Waals surface area contributed by atoms with Crippen LogP contribution in [0.3, 0.4) is 0 Å². The van der Waals surface area contributed by atoms with Gasteiger partial charge in [-0.25, -0.2) is 4.98 Å². The number of benzene rings is 2. The van der Waals surface area contributed by atoms with E-state index in [-0.39, 0.29) is 11.7 Å². The van der Waals surface area contributed by atoms with Gasteiger partial charge in [0.25, 0.3) is 5.56 Å². The molecule has 2 aliphatic heterocycles. The molecule has 11 heteroatoms. The molecule has 0 unspecified atom stereocenters. The van der Waals surface area contributed by atoms with Gasteiger partial charge in [-0.2, -0.15) is 10.1 Å². The molecule has 0 bridgehead atoms. The third kappa shape index (κ3) is 3.35. The Balaban J connectivity index is 1.27. The van der Waals surface area contributed by atoms with Crippen LogP contribution >= 0.6 is 0 Å². The second-order valence-corrected chi connectivity index (χ2v) is 8.43. The highest BCUT2D eigenvalue weighted by atomic mass is 16.6. The number of nitrogens with one attached hydrogen (secondary N) is 2. The van der Waals surface area contributed by atoms with Crippen LogP contribution < -0.4 is 29.8 Å². The summed E-state index contributed by atoms with van der Waals surface area (Å²) in [5, 5.41) is 11.3. The number of H-pyrrole nitrogens is 1. The van der Waals surface area contributed by atoms with Gasteiger partial charge in [0.05, 0.1) is 23.0 Å².